The van der Waals surface area contributed by atoms with Crippen molar-refractivity contribution in [2.24, 2.45) is 0 Å². The molecule has 0 saturated heterocycles. The average Bonchev–Trinajstić information content (AvgIpc) is 2.74. The highest BCUT2D eigenvalue weighted by molar-refractivity contribution is 5.64. The fourth-order valence-corrected chi connectivity index (χ4v) is 3.22. The summed E-state index contributed by atoms with van der Waals surface area (Å²) in [5, 5.41) is 0. The molecule has 0 bridgehead atoms. The van der Waals surface area contributed by atoms with E-state index in [1.165, 1.54) is 5.56 Å². The highest BCUT2D eigenvalue weighted by Gasteiger charge is 2.13. The fourth-order valence-electron chi connectivity index (χ4n) is 3.22. The van der Waals surface area contributed by atoms with Gasteiger partial charge in [0.15, 0.2) is 0 Å². The summed E-state index contributed by atoms with van der Waals surface area (Å²) in [6.45, 7) is 0.584. The minimum absolute atomic E-state index is 0.00835. The van der Waals surface area contributed by atoms with Crippen LogP contribution < -0.4 is 5.56 Å². The van der Waals surface area contributed by atoms with Gasteiger partial charge in [-0.05, 0) is 17.5 Å². The molecule has 0 atom stereocenters. The van der Waals surface area contributed by atoms with Gasteiger partial charge in [0.25, 0.3) is 5.56 Å². The molecule has 0 aliphatic carbocycles. The summed E-state index contributed by atoms with van der Waals surface area (Å²) in [7, 11) is 0. The zero-order chi connectivity index (χ0) is 18.5. The fraction of sp³-hybridized carbons (Fsp3) is 0.0833. The third-order valence-corrected chi connectivity index (χ3v) is 4.63. The van der Waals surface area contributed by atoms with Gasteiger partial charge in [0, 0.05) is 18.3 Å². The molecule has 27 heavy (non-hydrogen) atoms. The molecule has 0 radical (unpaired) electrons. The molecule has 4 rings (SSSR count). The van der Waals surface area contributed by atoms with Gasteiger partial charge in [0.2, 0.25) is 0 Å². The van der Waals surface area contributed by atoms with Gasteiger partial charge in [0.05, 0.1) is 5.56 Å². The van der Waals surface area contributed by atoms with E-state index in [1.807, 2.05) is 78.9 Å². The molecule has 3 nitrogen and oxygen atoms in total. The second-order valence-electron chi connectivity index (χ2n) is 6.42. The number of hydrogen-bond donors (Lipinski definition) is 0. The highest BCUT2D eigenvalue weighted by atomic mass is 16.1. The van der Waals surface area contributed by atoms with Crippen LogP contribution in [-0.2, 0) is 13.0 Å². The van der Waals surface area contributed by atoms with Gasteiger partial charge in [-0.1, -0.05) is 91.0 Å². The van der Waals surface area contributed by atoms with Crippen LogP contribution in [0.2, 0.25) is 0 Å². The largest absolute Gasteiger partial charge is 0.292 e. The predicted octanol–water partition coefficient (Wildman–Crippen LogP) is 4.82. The minimum Gasteiger partial charge on any atom is -0.292 e. The summed E-state index contributed by atoms with van der Waals surface area (Å²) in [5.41, 5.74) is 3.66. The lowest BCUT2D eigenvalue weighted by molar-refractivity contribution is 0.665. The second kappa shape index (κ2) is 7.83. The minimum atomic E-state index is -0.00835. The topological polar surface area (TPSA) is 34.9 Å². The summed E-state index contributed by atoms with van der Waals surface area (Å²) in [4.78, 5) is 18.0. The molecular weight excluding hydrogens is 332 g/mol. The standard InChI is InChI=1S/C24H20N2O/c27-24-22(20-12-6-2-7-13-20)18-25-23(21-14-8-3-9-15-21)26(24)17-16-19-10-4-1-5-11-19/h1-15,18H,16-17H2. The molecule has 4 aromatic rings. The average molecular weight is 352 g/mol. The van der Waals surface area contributed by atoms with E-state index in [1.54, 1.807) is 10.8 Å². The smallest absolute Gasteiger partial charge is 0.261 e. The van der Waals surface area contributed by atoms with Gasteiger partial charge in [-0.3, -0.25) is 9.36 Å². The Labute approximate surface area is 158 Å². The van der Waals surface area contributed by atoms with Gasteiger partial charge in [-0.15, -0.1) is 0 Å². The zero-order valence-corrected chi connectivity index (χ0v) is 15.0. The maximum Gasteiger partial charge on any atom is 0.261 e. The Morgan fingerprint density at radius 3 is 1.89 bits per heavy atom. The van der Waals surface area contributed by atoms with E-state index in [0.29, 0.717) is 17.9 Å². The number of nitrogens with zero attached hydrogens (tertiary/aromatic N) is 2. The first-order chi connectivity index (χ1) is 13.3. The van der Waals surface area contributed by atoms with Crippen molar-refractivity contribution in [2.45, 2.75) is 13.0 Å². The van der Waals surface area contributed by atoms with Crippen molar-refractivity contribution in [1.29, 1.82) is 0 Å². The first kappa shape index (κ1) is 17.0. The van der Waals surface area contributed by atoms with E-state index < -0.39 is 0 Å². The molecule has 1 aromatic heterocycles. The van der Waals surface area contributed by atoms with Gasteiger partial charge >= 0.3 is 0 Å². The maximum absolute atomic E-state index is 13.3. The summed E-state index contributed by atoms with van der Waals surface area (Å²) in [6, 6.07) is 29.8. The number of aromatic nitrogens is 2. The van der Waals surface area contributed by atoms with Gasteiger partial charge in [0.1, 0.15) is 5.82 Å². The quantitative estimate of drug-likeness (QED) is 0.516. The number of benzene rings is 3. The van der Waals surface area contributed by atoms with Crippen molar-refractivity contribution < 1.29 is 0 Å². The lowest BCUT2D eigenvalue weighted by Gasteiger charge is -2.14. The van der Waals surface area contributed by atoms with E-state index in [2.05, 4.69) is 17.1 Å². The van der Waals surface area contributed by atoms with E-state index in [-0.39, 0.29) is 5.56 Å². The Bertz CT molecular complexity index is 1070. The first-order valence-corrected chi connectivity index (χ1v) is 9.07. The molecule has 1 heterocycles. The van der Waals surface area contributed by atoms with Crippen molar-refractivity contribution in [3.05, 3.63) is 113 Å². The van der Waals surface area contributed by atoms with E-state index in [9.17, 15) is 4.79 Å². The molecule has 132 valence electrons. The monoisotopic (exact) mass is 352 g/mol. The summed E-state index contributed by atoms with van der Waals surface area (Å²) < 4.78 is 1.80. The molecular formula is C24H20N2O. The van der Waals surface area contributed by atoms with Crippen LogP contribution in [0, 0.1) is 0 Å². The van der Waals surface area contributed by atoms with Gasteiger partial charge in [-0.25, -0.2) is 4.98 Å². The number of hydrogen-bond acceptors (Lipinski definition) is 2. The zero-order valence-electron chi connectivity index (χ0n) is 15.0. The normalized spacial score (nSPS) is 10.7. The first-order valence-electron chi connectivity index (χ1n) is 9.07. The Kier molecular flexibility index (Phi) is 4.93. The number of aryl methyl sites for hydroxylation is 1. The van der Waals surface area contributed by atoms with Crippen LogP contribution in [0.4, 0.5) is 0 Å². The van der Waals surface area contributed by atoms with E-state index >= 15 is 0 Å². The van der Waals surface area contributed by atoms with E-state index in [4.69, 9.17) is 0 Å². The van der Waals surface area contributed by atoms with Crippen LogP contribution in [0.3, 0.4) is 0 Å². The van der Waals surface area contributed by atoms with Crippen LogP contribution >= 0.6 is 0 Å². The Morgan fingerprint density at radius 2 is 1.26 bits per heavy atom. The van der Waals surface area contributed by atoms with Gasteiger partial charge < -0.3 is 0 Å². The molecule has 0 fully saturated rings. The van der Waals surface area contributed by atoms with Crippen LogP contribution in [0.1, 0.15) is 5.56 Å². The van der Waals surface area contributed by atoms with Crippen molar-refractivity contribution in [2.75, 3.05) is 0 Å². The molecule has 0 aliphatic heterocycles. The van der Waals surface area contributed by atoms with Crippen molar-refractivity contribution in [3.63, 3.8) is 0 Å². The molecule has 0 spiro atoms. The Hall–Kier alpha value is -3.46. The summed E-state index contributed by atoms with van der Waals surface area (Å²) >= 11 is 0. The molecule has 0 amide bonds. The SMILES string of the molecule is O=c1c(-c2ccccc2)cnc(-c2ccccc2)n1CCc1ccccc1. The van der Waals surface area contributed by atoms with Crippen LogP contribution in [0.5, 0.6) is 0 Å². The maximum atomic E-state index is 13.3. The third kappa shape index (κ3) is 3.72. The number of rotatable bonds is 5. The van der Waals surface area contributed by atoms with Crippen LogP contribution in [0.25, 0.3) is 22.5 Å². The molecule has 0 saturated carbocycles. The molecule has 3 aromatic carbocycles. The van der Waals surface area contributed by atoms with Crippen LogP contribution in [-0.4, -0.2) is 9.55 Å². The molecule has 0 N–H and O–H groups in total. The Morgan fingerprint density at radius 1 is 0.704 bits per heavy atom. The lowest BCUT2D eigenvalue weighted by Crippen LogP contribution is -2.25. The van der Waals surface area contributed by atoms with E-state index in [0.717, 1.165) is 17.5 Å². The third-order valence-electron chi connectivity index (χ3n) is 4.63. The predicted molar refractivity (Wildman–Crippen MR) is 110 cm³/mol. The molecule has 0 aliphatic rings. The van der Waals surface area contributed by atoms with Crippen molar-refractivity contribution in [1.82, 2.24) is 9.55 Å². The second-order valence-corrected chi connectivity index (χ2v) is 6.42. The highest BCUT2D eigenvalue weighted by Crippen LogP contribution is 2.19. The van der Waals surface area contributed by atoms with Crippen molar-refractivity contribution in [3.8, 4) is 22.5 Å². The molecule has 3 heteroatoms. The molecule has 0 unspecified atom stereocenters. The summed E-state index contributed by atoms with van der Waals surface area (Å²) in [6.07, 6.45) is 2.47. The van der Waals surface area contributed by atoms with Gasteiger partial charge in [-0.2, -0.15) is 0 Å². The Balaban J connectivity index is 1.80. The van der Waals surface area contributed by atoms with Crippen molar-refractivity contribution >= 4 is 0 Å². The van der Waals surface area contributed by atoms with Crippen LogP contribution in [0.15, 0.2) is 102 Å². The lowest BCUT2D eigenvalue weighted by atomic mass is 10.1. The summed E-state index contributed by atoms with van der Waals surface area (Å²) in [5.74, 6) is 0.705.